The van der Waals surface area contributed by atoms with E-state index in [0.29, 0.717) is 53.2 Å². The lowest BCUT2D eigenvalue weighted by Gasteiger charge is -2.30. The molecule has 3 aromatic rings. The lowest BCUT2D eigenvalue weighted by molar-refractivity contribution is -0.127. The van der Waals surface area contributed by atoms with Crippen molar-refractivity contribution >= 4 is 17.5 Å². The van der Waals surface area contributed by atoms with Gasteiger partial charge in [0.25, 0.3) is 5.91 Å². The summed E-state index contributed by atoms with van der Waals surface area (Å²) < 4.78 is 16.0. The van der Waals surface area contributed by atoms with Crippen LogP contribution in [0.1, 0.15) is 33.6 Å². The van der Waals surface area contributed by atoms with E-state index in [4.69, 9.17) is 14.2 Å². The van der Waals surface area contributed by atoms with Gasteiger partial charge >= 0.3 is 0 Å². The Bertz CT molecular complexity index is 1230. The number of tetrazole rings is 1. The molecule has 0 spiro atoms. The zero-order chi connectivity index (χ0) is 27.7. The fourth-order valence-electron chi connectivity index (χ4n) is 3.94. The van der Waals surface area contributed by atoms with Gasteiger partial charge in [0.1, 0.15) is 18.3 Å². The second-order valence-electron chi connectivity index (χ2n) is 9.08. The molecule has 2 amide bonds. The molecule has 3 rings (SSSR count). The highest BCUT2D eigenvalue weighted by Gasteiger charge is 2.30. The monoisotopic (exact) mass is 524 g/mol. The number of hydrogen-bond donors (Lipinski definition) is 1. The Labute approximate surface area is 223 Å². The van der Waals surface area contributed by atoms with Gasteiger partial charge < -0.3 is 19.5 Å². The van der Waals surface area contributed by atoms with E-state index >= 15 is 0 Å². The van der Waals surface area contributed by atoms with Crippen molar-refractivity contribution in [3.05, 3.63) is 42.5 Å². The molecule has 0 unspecified atom stereocenters. The summed E-state index contributed by atoms with van der Waals surface area (Å²) in [6.07, 6.45) is 1.26. The van der Waals surface area contributed by atoms with Gasteiger partial charge in [0.2, 0.25) is 11.7 Å². The first kappa shape index (κ1) is 28.4. The number of nitrogens with zero attached hydrogens (tertiary/aromatic N) is 5. The minimum atomic E-state index is -0.726. The van der Waals surface area contributed by atoms with Gasteiger partial charge in [-0.15, -0.1) is 10.2 Å². The van der Waals surface area contributed by atoms with Crippen molar-refractivity contribution in [3.63, 3.8) is 0 Å². The third kappa shape index (κ3) is 6.99. The lowest BCUT2D eigenvalue weighted by Crippen LogP contribution is -2.51. The second kappa shape index (κ2) is 13.4. The molecular weight excluding hydrogens is 488 g/mol. The third-order valence-electron chi connectivity index (χ3n) is 5.99. The number of carbonyl (C=O) groups is 2. The summed E-state index contributed by atoms with van der Waals surface area (Å²) in [5.41, 5.74) is 1.20. The molecule has 0 aliphatic heterocycles. The van der Waals surface area contributed by atoms with Gasteiger partial charge in [-0.1, -0.05) is 26.8 Å². The van der Waals surface area contributed by atoms with Crippen LogP contribution in [0.5, 0.6) is 17.2 Å². The number of rotatable bonds is 13. The van der Waals surface area contributed by atoms with E-state index in [1.54, 1.807) is 63.8 Å². The number of nitrogens with one attached hydrogen (secondary N) is 1. The number of hydrogen-bond acceptors (Lipinski definition) is 8. The zero-order valence-corrected chi connectivity index (χ0v) is 22.8. The molecule has 0 saturated carbocycles. The quantitative estimate of drug-likeness (QED) is 0.361. The molecule has 1 atom stereocenters. The fourth-order valence-corrected chi connectivity index (χ4v) is 3.94. The van der Waals surface area contributed by atoms with Crippen LogP contribution in [-0.4, -0.2) is 65.9 Å². The van der Waals surface area contributed by atoms with Crippen LogP contribution in [0.2, 0.25) is 0 Å². The van der Waals surface area contributed by atoms with Gasteiger partial charge in [0.05, 0.1) is 21.3 Å². The average molecular weight is 525 g/mol. The maximum absolute atomic E-state index is 13.7. The lowest BCUT2D eigenvalue weighted by atomic mass is 10.1. The van der Waals surface area contributed by atoms with Crippen LogP contribution < -0.4 is 24.4 Å². The van der Waals surface area contributed by atoms with Crippen LogP contribution in [0.15, 0.2) is 42.5 Å². The molecule has 0 aliphatic carbocycles. The molecule has 0 bridgehead atoms. The van der Waals surface area contributed by atoms with E-state index in [1.165, 1.54) is 9.70 Å². The molecule has 0 aliphatic rings. The summed E-state index contributed by atoms with van der Waals surface area (Å²) in [6, 6.07) is 11.6. The summed E-state index contributed by atoms with van der Waals surface area (Å²) in [5.74, 6) is 1.86. The van der Waals surface area contributed by atoms with Gasteiger partial charge in [-0.3, -0.25) is 14.5 Å². The van der Waals surface area contributed by atoms with E-state index in [9.17, 15) is 9.59 Å². The molecule has 0 radical (unpaired) electrons. The maximum atomic E-state index is 13.7. The largest absolute Gasteiger partial charge is 0.497 e. The van der Waals surface area contributed by atoms with E-state index in [2.05, 4.69) is 34.6 Å². The van der Waals surface area contributed by atoms with Gasteiger partial charge in [-0.25, -0.2) is 0 Å². The van der Waals surface area contributed by atoms with Crippen molar-refractivity contribution in [2.75, 3.05) is 32.8 Å². The third-order valence-corrected chi connectivity index (χ3v) is 5.99. The molecule has 1 heterocycles. The standard InChI is InChI=1S/C27H36N6O5/c1-7-22(27(35)28-14-13-18(2)3)33(20-9-8-10-21(16-20)36-4)25(34)17-32-30-26(29-31-32)19-11-12-23(37-5)24(15-19)38-6/h8-12,15-16,18,22H,7,13-14,17H2,1-6H3,(H,28,35)/t22-/m0/s1. The molecule has 1 N–H and O–H groups in total. The SMILES string of the molecule is CC[C@@H](C(=O)NCCC(C)C)N(C(=O)Cn1nnc(-c2ccc(OC)c(OC)c2)n1)c1cccc(OC)c1. The first-order chi connectivity index (χ1) is 18.3. The average Bonchev–Trinajstić information content (AvgIpc) is 3.39. The first-order valence-corrected chi connectivity index (χ1v) is 12.5. The van der Waals surface area contributed by atoms with E-state index < -0.39 is 6.04 Å². The number of benzene rings is 2. The minimum absolute atomic E-state index is 0.215. The van der Waals surface area contributed by atoms with E-state index in [-0.39, 0.29) is 18.4 Å². The van der Waals surface area contributed by atoms with Crippen molar-refractivity contribution in [2.24, 2.45) is 5.92 Å². The van der Waals surface area contributed by atoms with E-state index in [1.807, 2.05) is 6.92 Å². The van der Waals surface area contributed by atoms with Crippen LogP contribution >= 0.6 is 0 Å². The van der Waals surface area contributed by atoms with Crippen molar-refractivity contribution < 1.29 is 23.8 Å². The Hall–Kier alpha value is -4.15. The molecule has 0 fully saturated rings. The number of carbonyl (C=O) groups excluding carboxylic acids is 2. The zero-order valence-electron chi connectivity index (χ0n) is 22.8. The van der Waals surface area contributed by atoms with Gasteiger partial charge in [-0.05, 0) is 54.3 Å². The maximum Gasteiger partial charge on any atom is 0.251 e. The Morgan fingerprint density at radius 1 is 1.03 bits per heavy atom. The Morgan fingerprint density at radius 3 is 2.45 bits per heavy atom. The first-order valence-electron chi connectivity index (χ1n) is 12.5. The number of amides is 2. The normalized spacial score (nSPS) is 11.7. The summed E-state index contributed by atoms with van der Waals surface area (Å²) in [5, 5.41) is 15.5. The molecule has 204 valence electrons. The Morgan fingerprint density at radius 2 is 1.79 bits per heavy atom. The highest BCUT2D eigenvalue weighted by atomic mass is 16.5. The summed E-state index contributed by atoms with van der Waals surface area (Å²) in [4.78, 5) is 29.5. The second-order valence-corrected chi connectivity index (χ2v) is 9.08. The van der Waals surface area contributed by atoms with Gasteiger partial charge in [0, 0.05) is 23.9 Å². The molecule has 1 aromatic heterocycles. The number of methoxy groups -OCH3 is 3. The molecule has 2 aromatic carbocycles. The summed E-state index contributed by atoms with van der Waals surface area (Å²) >= 11 is 0. The summed E-state index contributed by atoms with van der Waals surface area (Å²) in [6.45, 7) is 6.38. The van der Waals surface area contributed by atoms with Crippen molar-refractivity contribution in [3.8, 4) is 28.6 Å². The Kier molecular flexibility index (Phi) is 10.0. The van der Waals surface area contributed by atoms with Gasteiger partial charge in [-0.2, -0.15) is 4.80 Å². The Balaban J connectivity index is 1.87. The van der Waals surface area contributed by atoms with Crippen LogP contribution in [0.4, 0.5) is 5.69 Å². The van der Waals surface area contributed by atoms with Crippen LogP contribution in [0.25, 0.3) is 11.4 Å². The minimum Gasteiger partial charge on any atom is -0.497 e. The topological polar surface area (TPSA) is 121 Å². The smallest absolute Gasteiger partial charge is 0.251 e. The molecule has 11 heteroatoms. The van der Waals surface area contributed by atoms with Crippen LogP contribution in [-0.2, 0) is 16.1 Å². The number of anilines is 1. The number of ether oxygens (including phenoxy) is 3. The van der Waals surface area contributed by atoms with E-state index in [0.717, 1.165) is 6.42 Å². The highest BCUT2D eigenvalue weighted by Crippen LogP contribution is 2.31. The van der Waals surface area contributed by atoms with Crippen molar-refractivity contribution in [2.45, 2.75) is 46.2 Å². The van der Waals surface area contributed by atoms with Crippen LogP contribution in [0.3, 0.4) is 0 Å². The van der Waals surface area contributed by atoms with Gasteiger partial charge in [0.15, 0.2) is 11.5 Å². The predicted octanol–water partition coefficient (Wildman–Crippen LogP) is 3.34. The summed E-state index contributed by atoms with van der Waals surface area (Å²) in [7, 11) is 4.65. The molecule has 38 heavy (non-hydrogen) atoms. The number of aromatic nitrogens is 4. The van der Waals surface area contributed by atoms with Crippen LogP contribution in [0, 0.1) is 5.92 Å². The fraction of sp³-hybridized carbons (Fsp3) is 0.444. The molecular formula is C27H36N6O5. The predicted molar refractivity (Wildman–Crippen MR) is 143 cm³/mol. The van der Waals surface area contributed by atoms with Crippen molar-refractivity contribution in [1.29, 1.82) is 0 Å². The molecule has 0 saturated heterocycles. The highest BCUT2D eigenvalue weighted by molar-refractivity contribution is 6.00. The van der Waals surface area contributed by atoms with Crippen molar-refractivity contribution in [1.82, 2.24) is 25.5 Å². The molecule has 11 nitrogen and oxygen atoms in total.